The van der Waals surface area contributed by atoms with Crippen molar-refractivity contribution in [2.24, 2.45) is 0 Å². The smallest absolute Gasteiger partial charge is 0.338 e. The molecule has 0 bridgehead atoms. The van der Waals surface area contributed by atoms with Gasteiger partial charge in [0.15, 0.2) is 0 Å². The molecule has 0 saturated heterocycles. The van der Waals surface area contributed by atoms with Crippen LogP contribution >= 0.6 is 0 Å². The molecule has 0 spiro atoms. The van der Waals surface area contributed by atoms with E-state index < -0.39 is 5.97 Å². The average molecular weight is 395 g/mol. The van der Waals surface area contributed by atoms with Crippen molar-refractivity contribution in [2.75, 3.05) is 12.4 Å². The van der Waals surface area contributed by atoms with Crippen molar-refractivity contribution in [1.82, 2.24) is 0 Å². The molecule has 0 unspecified atom stereocenters. The molecule has 0 aliphatic carbocycles. The van der Waals surface area contributed by atoms with Gasteiger partial charge in [0, 0.05) is 16.8 Å². The van der Waals surface area contributed by atoms with E-state index in [9.17, 15) is 9.59 Å². The molecular formula is C24H29NO4. The predicted molar refractivity (Wildman–Crippen MR) is 114 cm³/mol. The summed E-state index contributed by atoms with van der Waals surface area (Å²) < 4.78 is 11.0. The van der Waals surface area contributed by atoms with Gasteiger partial charge in [0.25, 0.3) is 5.91 Å². The van der Waals surface area contributed by atoms with E-state index >= 15 is 0 Å². The maximum atomic E-state index is 12.9. The highest BCUT2D eigenvalue weighted by molar-refractivity contribution is 6.05. The van der Waals surface area contributed by atoms with Crippen LogP contribution in [0.4, 0.5) is 5.69 Å². The third-order valence-corrected chi connectivity index (χ3v) is 5.40. The number of anilines is 1. The molecule has 1 aliphatic rings. The van der Waals surface area contributed by atoms with E-state index in [1.54, 1.807) is 18.2 Å². The molecule has 29 heavy (non-hydrogen) atoms. The first-order valence-corrected chi connectivity index (χ1v) is 9.78. The lowest BCUT2D eigenvalue weighted by Gasteiger charge is -2.43. The van der Waals surface area contributed by atoms with E-state index in [-0.39, 0.29) is 16.9 Å². The zero-order valence-corrected chi connectivity index (χ0v) is 18.2. The number of carbonyl (C=O) groups is 2. The van der Waals surface area contributed by atoms with Crippen LogP contribution in [0.1, 0.15) is 71.5 Å². The number of carbonyl (C=O) groups excluding carboxylic acids is 2. The summed E-state index contributed by atoms with van der Waals surface area (Å²) in [6, 6.07) is 8.93. The first kappa shape index (κ1) is 20.9. The second-order valence-electron chi connectivity index (χ2n) is 9.07. The number of ether oxygens (including phenoxy) is 2. The quantitative estimate of drug-likeness (QED) is 0.727. The number of esters is 1. The van der Waals surface area contributed by atoms with E-state index in [1.165, 1.54) is 7.11 Å². The van der Waals surface area contributed by atoms with Crippen LogP contribution in [-0.2, 0) is 10.2 Å². The number of benzene rings is 2. The summed E-state index contributed by atoms with van der Waals surface area (Å²) in [7, 11) is 1.35. The summed E-state index contributed by atoms with van der Waals surface area (Å²) in [5, 5.41) is 2.93. The second kappa shape index (κ2) is 7.21. The van der Waals surface area contributed by atoms with Gasteiger partial charge in [0.05, 0.1) is 12.7 Å². The summed E-state index contributed by atoms with van der Waals surface area (Å²) in [6.45, 7) is 12.4. The Hall–Kier alpha value is -2.82. The van der Waals surface area contributed by atoms with Gasteiger partial charge >= 0.3 is 5.97 Å². The predicted octanol–water partition coefficient (Wildman–Crippen LogP) is 5.18. The lowest BCUT2D eigenvalue weighted by Crippen LogP contribution is -2.41. The first-order chi connectivity index (χ1) is 13.4. The highest BCUT2D eigenvalue weighted by Gasteiger charge is 2.40. The van der Waals surface area contributed by atoms with Crippen LogP contribution in [0, 0.1) is 13.8 Å². The van der Waals surface area contributed by atoms with Crippen LogP contribution in [0.3, 0.4) is 0 Å². The summed E-state index contributed by atoms with van der Waals surface area (Å²) in [4.78, 5) is 24.7. The molecule has 0 saturated carbocycles. The normalized spacial score (nSPS) is 16.4. The van der Waals surface area contributed by atoms with Crippen LogP contribution in [0.5, 0.6) is 5.75 Å². The SMILES string of the molecule is COC(=O)c1ccc(NC(=O)c2cc(C)c3c(c2)C(C)(C)CC(C)(C)O3)cc1C. The van der Waals surface area contributed by atoms with Gasteiger partial charge in [-0.05, 0) is 81.0 Å². The molecule has 1 N–H and O–H groups in total. The fourth-order valence-electron chi connectivity index (χ4n) is 4.30. The molecule has 3 rings (SSSR count). The maximum Gasteiger partial charge on any atom is 0.338 e. The minimum absolute atomic E-state index is 0.100. The fourth-order valence-corrected chi connectivity index (χ4v) is 4.30. The third-order valence-electron chi connectivity index (χ3n) is 5.40. The van der Waals surface area contributed by atoms with E-state index in [4.69, 9.17) is 9.47 Å². The average Bonchev–Trinajstić information content (AvgIpc) is 2.60. The molecule has 2 aromatic rings. The topological polar surface area (TPSA) is 64.6 Å². The summed E-state index contributed by atoms with van der Waals surface area (Å²) in [6.07, 6.45) is 0.867. The van der Waals surface area contributed by atoms with Gasteiger partial charge in [-0.2, -0.15) is 0 Å². The van der Waals surface area contributed by atoms with Crippen LogP contribution in [0.2, 0.25) is 0 Å². The van der Waals surface area contributed by atoms with Gasteiger partial charge < -0.3 is 14.8 Å². The molecule has 2 aromatic carbocycles. The Kier molecular flexibility index (Phi) is 5.20. The summed E-state index contributed by atoms with van der Waals surface area (Å²) >= 11 is 0. The van der Waals surface area contributed by atoms with Crippen molar-refractivity contribution < 1.29 is 19.1 Å². The van der Waals surface area contributed by atoms with Gasteiger partial charge in [0.1, 0.15) is 11.4 Å². The second-order valence-corrected chi connectivity index (χ2v) is 9.07. The lowest BCUT2D eigenvalue weighted by molar-refractivity contribution is 0.0524. The van der Waals surface area contributed by atoms with E-state index in [1.807, 2.05) is 26.0 Å². The number of rotatable bonds is 3. The number of nitrogens with one attached hydrogen (secondary N) is 1. The van der Waals surface area contributed by atoms with E-state index in [0.717, 1.165) is 28.9 Å². The summed E-state index contributed by atoms with van der Waals surface area (Å²) in [5.74, 6) is 0.290. The largest absolute Gasteiger partial charge is 0.487 e. The molecule has 0 aromatic heterocycles. The Balaban J connectivity index is 1.91. The molecular weight excluding hydrogens is 366 g/mol. The Labute approximate surface area is 172 Å². The van der Waals surface area contributed by atoms with Crippen molar-refractivity contribution in [3.8, 4) is 5.75 Å². The van der Waals surface area contributed by atoms with Crippen LogP contribution < -0.4 is 10.1 Å². The molecule has 1 aliphatic heterocycles. The highest BCUT2D eigenvalue weighted by Crippen LogP contribution is 2.46. The minimum Gasteiger partial charge on any atom is -0.487 e. The van der Waals surface area contributed by atoms with Gasteiger partial charge in [0.2, 0.25) is 0 Å². The van der Waals surface area contributed by atoms with Crippen LogP contribution in [0.25, 0.3) is 0 Å². The van der Waals surface area contributed by atoms with Crippen molar-refractivity contribution in [3.05, 3.63) is 58.1 Å². The van der Waals surface area contributed by atoms with E-state index in [0.29, 0.717) is 16.8 Å². The van der Waals surface area contributed by atoms with Gasteiger partial charge in [-0.1, -0.05) is 13.8 Å². The monoisotopic (exact) mass is 395 g/mol. The number of hydrogen-bond donors (Lipinski definition) is 1. The standard InChI is InChI=1S/C24H29NO4/c1-14-11-17(8-9-18(14)22(27)28-7)25-21(26)16-10-15(2)20-19(12-16)23(3,4)13-24(5,6)29-20/h8-12H,13H2,1-7H3,(H,25,26). The molecule has 0 atom stereocenters. The first-order valence-electron chi connectivity index (χ1n) is 9.78. The highest BCUT2D eigenvalue weighted by atomic mass is 16.5. The van der Waals surface area contributed by atoms with Gasteiger partial charge in [-0.15, -0.1) is 0 Å². The van der Waals surface area contributed by atoms with E-state index in [2.05, 4.69) is 33.0 Å². The van der Waals surface area contributed by atoms with Crippen molar-refractivity contribution >= 4 is 17.6 Å². The Morgan fingerprint density at radius 1 is 1.03 bits per heavy atom. The molecule has 1 heterocycles. The molecule has 154 valence electrons. The Morgan fingerprint density at radius 3 is 2.34 bits per heavy atom. The fraction of sp³-hybridized carbons (Fsp3) is 0.417. The zero-order valence-electron chi connectivity index (χ0n) is 18.2. The third kappa shape index (κ3) is 4.14. The number of aryl methyl sites for hydroxylation is 2. The molecule has 5 heteroatoms. The number of amides is 1. The number of hydrogen-bond acceptors (Lipinski definition) is 4. The Bertz CT molecular complexity index is 989. The van der Waals surface area contributed by atoms with Gasteiger partial charge in [-0.3, -0.25) is 4.79 Å². The van der Waals surface area contributed by atoms with Crippen molar-refractivity contribution in [2.45, 2.75) is 59.0 Å². The minimum atomic E-state index is -0.393. The molecule has 5 nitrogen and oxygen atoms in total. The van der Waals surface area contributed by atoms with Crippen LogP contribution in [0.15, 0.2) is 30.3 Å². The Morgan fingerprint density at radius 2 is 1.72 bits per heavy atom. The lowest BCUT2D eigenvalue weighted by atomic mass is 9.72. The maximum absolute atomic E-state index is 12.9. The van der Waals surface area contributed by atoms with Crippen molar-refractivity contribution in [1.29, 1.82) is 0 Å². The summed E-state index contributed by atoms with van der Waals surface area (Å²) in [5.41, 5.74) is 4.11. The molecule has 1 amide bonds. The van der Waals surface area contributed by atoms with Gasteiger partial charge in [-0.25, -0.2) is 4.79 Å². The number of methoxy groups -OCH3 is 1. The zero-order chi connectivity index (χ0) is 21.6. The van der Waals surface area contributed by atoms with Crippen LogP contribution in [-0.4, -0.2) is 24.6 Å². The number of fused-ring (bicyclic) bond motifs is 1. The molecule has 0 fully saturated rings. The molecule has 0 radical (unpaired) electrons. The van der Waals surface area contributed by atoms with Crippen molar-refractivity contribution in [3.63, 3.8) is 0 Å².